The summed E-state index contributed by atoms with van der Waals surface area (Å²) in [7, 11) is 0. The van der Waals surface area contributed by atoms with Crippen molar-refractivity contribution in [1.29, 1.82) is 0 Å². The van der Waals surface area contributed by atoms with Gasteiger partial charge in [0.15, 0.2) is 0 Å². The number of nitrogens with one attached hydrogen (secondary N) is 1. The summed E-state index contributed by atoms with van der Waals surface area (Å²) in [6.45, 7) is 3.58. The van der Waals surface area contributed by atoms with Crippen LogP contribution in [0.15, 0.2) is 71.5 Å². The Morgan fingerprint density at radius 2 is 1.94 bits per heavy atom. The lowest BCUT2D eigenvalue weighted by Gasteiger charge is -2.19. The van der Waals surface area contributed by atoms with Crippen LogP contribution >= 0.6 is 15.9 Å². The predicted octanol–water partition coefficient (Wildman–Crippen LogP) is 6.48. The normalized spacial score (nSPS) is 15.0. The maximum Gasteiger partial charge on any atom is 0.223 e. The van der Waals surface area contributed by atoms with Gasteiger partial charge in [-0.3, -0.25) is 0 Å². The number of imidazole rings is 1. The molecule has 0 bridgehead atoms. The molecule has 2 aromatic carbocycles. The van der Waals surface area contributed by atoms with Crippen molar-refractivity contribution in [2.45, 2.75) is 32.4 Å². The molecule has 1 N–H and O–H groups in total. The highest BCUT2D eigenvalue weighted by Gasteiger charge is 2.31. The van der Waals surface area contributed by atoms with Gasteiger partial charge in [-0.1, -0.05) is 15.9 Å². The summed E-state index contributed by atoms with van der Waals surface area (Å²) in [5.74, 6) is 1.36. The van der Waals surface area contributed by atoms with Crippen molar-refractivity contribution in [1.82, 2.24) is 24.1 Å². The number of aromatic nitrogens is 5. The minimum absolute atomic E-state index is 0.221. The number of halogens is 2. The van der Waals surface area contributed by atoms with Gasteiger partial charge in [0, 0.05) is 52.8 Å². The lowest BCUT2D eigenvalue weighted by atomic mass is 10.1. The van der Waals surface area contributed by atoms with Gasteiger partial charge in [0.25, 0.3) is 0 Å². The molecule has 35 heavy (non-hydrogen) atoms. The third kappa shape index (κ3) is 4.01. The monoisotopic (exact) mass is 530 g/mol. The molecule has 0 saturated carbocycles. The van der Waals surface area contributed by atoms with Crippen LogP contribution in [0.5, 0.6) is 0 Å². The second-order valence-electron chi connectivity index (χ2n) is 8.76. The number of hydrogen-bond acceptors (Lipinski definition) is 4. The van der Waals surface area contributed by atoms with Crippen molar-refractivity contribution >= 4 is 32.8 Å². The van der Waals surface area contributed by atoms with E-state index in [1.807, 2.05) is 13.0 Å². The molecule has 8 heteroatoms. The lowest BCUT2D eigenvalue weighted by molar-refractivity contribution is 0.459. The molecule has 5 aromatic rings. The van der Waals surface area contributed by atoms with E-state index in [9.17, 15) is 4.39 Å². The standard InChI is InChI=1S/C27H24BrFN6/c1-2-30-27-31-13-11-22(32-27)26-25(17-3-6-20(29)7-4-17)33-24-10-8-21(35(24)26)16-34-14-12-18-15-19(28)5-9-23(18)34/h3-7,9,11-15,21H,2,8,10,16H2,1H3,(H,30,31,32). The largest absolute Gasteiger partial charge is 0.354 e. The molecule has 176 valence electrons. The first kappa shape index (κ1) is 22.0. The molecule has 1 aliphatic rings. The number of benzene rings is 2. The summed E-state index contributed by atoms with van der Waals surface area (Å²) >= 11 is 3.57. The van der Waals surface area contributed by atoms with Gasteiger partial charge < -0.3 is 14.5 Å². The fourth-order valence-corrected chi connectivity index (χ4v) is 5.37. The van der Waals surface area contributed by atoms with Crippen LogP contribution in [0.4, 0.5) is 10.3 Å². The topological polar surface area (TPSA) is 60.6 Å². The third-order valence-electron chi connectivity index (χ3n) is 6.54. The van der Waals surface area contributed by atoms with Gasteiger partial charge in [-0.25, -0.2) is 19.3 Å². The minimum atomic E-state index is -0.262. The smallest absolute Gasteiger partial charge is 0.223 e. The van der Waals surface area contributed by atoms with Gasteiger partial charge in [0.1, 0.15) is 11.6 Å². The molecule has 0 amide bonds. The average molecular weight is 531 g/mol. The SMILES string of the molecule is CCNc1nccc(-c2c(-c3ccc(F)cc3)nc3n2C(Cn2ccc4cc(Br)ccc42)CC3)n1. The third-order valence-corrected chi connectivity index (χ3v) is 7.03. The Labute approximate surface area is 211 Å². The summed E-state index contributed by atoms with van der Waals surface area (Å²) in [6, 6.07) is 17.2. The van der Waals surface area contributed by atoms with E-state index in [1.54, 1.807) is 18.3 Å². The minimum Gasteiger partial charge on any atom is -0.354 e. The second-order valence-corrected chi connectivity index (χ2v) is 9.68. The van der Waals surface area contributed by atoms with Crippen LogP contribution in [0.2, 0.25) is 0 Å². The van der Waals surface area contributed by atoms with E-state index in [1.165, 1.54) is 23.0 Å². The molecule has 6 nitrogen and oxygen atoms in total. The summed E-state index contributed by atoms with van der Waals surface area (Å²) in [5, 5.41) is 4.42. The van der Waals surface area contributed by atoms with E-state index < -0.39 is 0 Å². The molecular formula is C27H24BrFN6. The van der Waals surface area contributed by atoms with Crippen molar-refractivity contribution in [3.8, 4) is 22.6 Å². The van der Waals surface area contributed by atoms with Crippen LogP contribution in [0.1, 0.15) is 25.2 Å². The highest BCUT2D eigenvalue weighted by atomic mass is 79.9. The van der Waals surface area contributed by atoms with Crippen LogP contribution in [0.25, 0.3) is 33.5 Å². The first-order chi connectivity index (χ1) is 17.1. The molecular weight excluding hydrogens is 507 g/mol. The zero-order valence-electron chi connectivity index (χ0n) is 19.2. The summed E-state index contributed by atoms with van der Waals surface area (Å²) in [6.07, 6.45) is 5.81. The Morgan fingerprint density at radius 3 is 2.77 bits per heavy atom. The number of hydrogen-bond donors (Lipinski definition) is 1. The quantitative estimate of drug-likeness (QED) is 0.273. The van der Waals surface area contributed by atoms with Crippen molar-refractivity contribution in [2.75, 3.05) is 11.9 Å². The van der Waals surface area contributed by atoms with E-state index in [-0.39, 0.29) is 11.9 Å². The van der Waals surface area contributed by atoms with E-state index in [0.29, 0.717) is 5.95 Å². The van der Waals surface area contributed by atoms with E-state index >= 15 is 0 Å². The maximum atomic E-state index is 13.7. The molecule has 3 aromatic heterocycles. The first-order valence-electron chi connectivity index (χ1n) is 11.8. The molecule has 0 aliphatic carbocycles. The van der Waals surface area contributed by atoms with Crippen molar-refractivity contribution in [2.24, 2.45) is 0 Å². The molecule has 1 aliphatic heterocycles. The van der Waals surface area contributed by atoms with Crippen LogP contribution in [-0.2, 0) is 13.0 Å². The second kappa shape index (κ2) is 8.92. The number of rotatable bonds is 6. The maximum absolute atomic E-state index is 13.7. The zero-order valence-corrected chi connectivity index (χ0v) is 20.8. The van der Waals surface area contributed by atoms with E-state index in [0.717, 1.165) is 58.9 Å². The van der Waals surface area contributed by atoms with Crippen LogP contribution in [0, 0.1) is 5.82 Å². The summed E-state index contributed by atoms with van der Waals surface area (Å²) in [4.78, 5) is 14.2. The Bertz CT molecular complexity index is 1520. The van der Waals surface area contributed by atoms with Crippen molar-refractivity contribution < 1.29 is 4.39 Å². The highest BCUT2D eigenvalue weighted by Crippen LogP contribution is 2.40. The van der Waals surface area contributed by atoms with Crippen LogP contribution in [-0.4, -0.2) is 30.6 Å². The molecule has 0 saturated heterocycles. The van der Waals surface area contributed by atoms with Crippen LogP contribution in [0.3, 0.4) is 0 Å². The Morgan fingerprint density at radius 1 is 1.09 bits per heavy atom. The molecule has 4 heterocycles. The number of aryl methyl sites for hydroxylation is 1. The summed E-state index contributed by atoms with van der Waals surface area (Å²) < 4.78 is 19.4. The highest BCUT2D eigenvalue weighted by molar-refractivity contribution is 9.10. The zero-order chi connectivity index (χ0) is 23.9. The fourth-order valence-electron chi connectivity index (χ4n) is 4.99. The van der Waals surface area contributed by atoms with E-state index in [2.05, 4.69) is 65.8 Å². The number of anilines is 1. The number of fused-ring (bicyclic) bond motifs is 2. The molecule has 6 rings (SSSR count). The van der Waals surface area contributed by atoms with Gasteiger partial charge in [0.05, 0.1) is 23.1 Å². The Kier molecular flexibility index (Phi) is 5.60. The Hall–Kier alpha value is -3.52. The van der Waals surface area contributed by atoms with Gasteiger partial charge in [-0.15, -0.1) is 0 Å². The average Bonchev–Trinajstić information content (AvgIpc) is 3.54. The lowest BCUT2D eigenvalue weighted by Crippen LogP contribution is -2.14. The fraction of sp³-hybridized carbons (Fsp3) is 0.222. The van der Waals surface area contributed by atoms with Crippen LogP contribution < -0.4 is 5.32 Å². The molecule has 1 atom stereocenters. The van der Waals surface area contributed by atoms with Gasteiger partial charge >= 0.3 is 0 Å². The Balaban J connectivity index is 1.47. The molecule has 1 unspecified atom stereocenters. The molecule has 0 radical (unpaired) electrons. The van der Waals surface area contributed by atoms with Gasteiger partial charge in [0.2, 0.25) is 5.95 Å². The van der Waals surface area contributed by atoms with Crippen molar-refractivity contribution in [3.05, 3.63) is 83.1 Å². The van der Waals surface area contributed by atoms with Gasteiger partial charge in [-0.2, -0.15) is 0 Å². The molecule has 0 fully saturated rings. The summed E-state index contributed by atoms with van der Waals surface area (Å²) in [5.41, 5.74) is 4.67. The molecule has 0 spiro atoms. The first-order valence-corrected chi connectivity index (χ1v) is 12.6. The van der Waals surface area contributed by atoms with Gasteiger partial charge in [-0.05, 0) is 67.9 Å². The van der Waals surface area contributed by atoms with E-state index in [4.69, 9.17) is 9.97 Å². The van der Waals surface area contributed by atoms with Crippen molar-refractivity contribution in [3.63, 3.8) is 0 Å². The predicted molar refractivity (Wildman–Crippen MR) is 140 cm³/mol. The number of nitrogens with zero attached hydrogens (tertiary/aromatic N) is 5.